The fourth-order valence-corrected chi connectivity index (χ4v) is 3.97. The summed E-state index contributed by atoms with van der Waals surface area (Å²) in [5.41, 5.74) is 2.84. The number of alkyl halides is 4. The number of hydrogen-bond donors (Lipinski definition) is 2. The summed E-state index contributed by atoms with van der Waals surface area (Å²) in [5, 5.41) is 2.29. The molecule has 0 amide bonds. The first-order valence-corrected chi connectivity index (χ1v) is 11.1. The van der Waals surface area contributed by atoms with Gasteiger partial charge in [0.2, 0.25) is 0 Å². The molecule has 6 rings (SSSR count). The average Bonchev–Trinajstić information content (AvgIpc) is 3.63. The zero-order valence-electron chi connectivity index (χ0n) is 17.9. The zero-order chi connectivity index (χ0) is 25.4. The molecular weight excluding hydrogens is 523 g/mol. The highest BCUT2D eigenvalue weighted by atomic mass is 35.5. The number of pyridine rings is 2. The average molecular weight is 537 g/mol. The van der Waals surface area contributed by atoms with E-state index >= 15 is 0 Å². The molecule has 0 aromatic carbocycles. The molecule has 6 aromatic rings. The highest BCUT2D eigenvalue weighted by Crippen LogP contribution is 2.34. The van der Waals surface area contributed by atoms with Gasteiger partial charge in [0.15, 0.2) is 11.5 Å². The molecule has 2 N–H and O–H groups in total. The number of aromatic amines is 2. The van der Waals surface area contributed by atoms with E-state index in [1.165, 1.54) is 24.7 Å². The molecule has 0 spiro atoms. The second kappa shape index (κ2) is 9.71. The van der Waals surface area contributed by atoms with Gasteiger partial charge in [-0.05, 0) is 48.5 Å². The monoisotopic (exact) mass is 536 g/mol. The lowest BCUT2D eigenvalue weighted by atomic mass is 10.2. The molecular formula is C24H14Cl2F4N4O2. The number of aromatic nitrogens is 4. The predicted octanol–water partition coefficient (Wildman–Crippen LogP) is 8.83. The number of hydrogen-bond acceptors (Lipinski definition) is 4. The largest absolute Gasteiger partial charge is 0.463 e. The van der Waals surface area contributed by atoms with Crippen molar-refractivity contribution in [2.75, 3.05) is 0 Å². The Bertz CT molecular complexity index is 1530. The van der Waals surface area contributed by atoms with Crippen molar-refractivity contribution >= 4 is 45.3 Å². The summed E-state index contributed by atoms with van der Waals surface area (Å²) in [7, 11) is 0. The number of halogens is 6. The Labute approximate surface area is 209 Å². The van der Waals surface area contributed by atoms with Gasteiger partial charge in [0.05, 0.1) is 23.9 Å². The molecule has 0 unspecified atom stereocenters. The summed E-state index contributed by atoms with van der Waals surface area (Å²) in [6, 6.07) is 13.3. The molecule has 0 atom stereocenters. The third-order valence-electron chi connectivity index (χ3n) is 5.26. The van der Waals surface area contributed by atoms with Crippen molar-refractivity contribution < 1.29 is 26.4 Å². The lowest BCUT2D eigenvalue weighted by Gasteiger charge is -1.98. The number of rotatable bonds is 4. The Balaban J connectivity index is 0.000000148. The van der Waals surface area contributed by atoms with Gasteiger partial charge in [-0.1, -0.05) is 23.2 Å². The Morgan fingerprint density at radius 1 is 0.639 bits per heavy atom. The smallest absolute Gasteiger partial charge is 0.296 e. The first kappa shape index (κ1) is 24.0. The molecule has 6 nitrogen and oxygen atoms in total. The Hall–Kier alpha value is -3.76. The van der Waals surface area contributed by atoms with Crippen LogP contribution in [-0.2, 0) is 0 Å². The van der Waals surface area contributed by atoms with E-state index in [1.807, 2.05) is 0 Å². The maximum Gasteiger partial charge on any atom is 0.296 e. The van der Waals surface area contributed by atoms with Crippen molar-refractivity contribution in [3.8, 4) is 22.5 Å². The van der Waals surface area contributed by atoms with E-state index in [9.17, 15) is 17.6 Å². The molecule has 6 aromatic heterocycles. The molecule has 0 saturated carbocycles. The van der Waals surface area contributed by atoms with Gasteiger partial charge >= 0.3 is 0 Å². The van der Waals surface area contributed by atoms with Crippen LogP contribution in [0.15, 0.2) is 69.9 Å². The van der Waals surface area contributed by atoms with E-state index in [2.05, 4.69) is 19.9 Å². The first-order valence-electron chi connectivity index (χ1n) is 10.3. The van der Waals surface area contributed by atoms with Crippen molar-refractivity contribution in [3.63, 3.8) is 0 Å². The maximum atomic E-state index is 12.7. The molecule has 0 fully saturated rings. The van der Waals surface area contributed by atoms with Crippen LogP contribution in [0.5, 0.6) is 0 Å². The molecule has 12 heteroatoms. The van der Waals surface area contributed by atoms with E-state index in [1.54, 1.807) is 36.4 Å². The van der Waals surface area contributed by atoms with Gasteiger partial charge in [-0.2, -0.15) is 0 Å². The van der Waals surface area contributed by atoms with Gasteiger partial charge in [0.1, 0.15) is 21.6 Å². The first-order chi connectivity index (χ1) is 17.3. The Kier molecular flexibility index (Phi) is 6.46. The number of H-pyrrole nitrogens is 2. The fourth-order valence-electron chi connectivity index (χ4n) is 3.68. The highest BCUT2D eigenvalue weighted by Gasteiger charge is 2.20. The summed E-state index contributed by atoms with van der Waals surface area (Å²) in [6.07, 6.45) is -2.83. The molecule has 36 heavy (non-hydrogen) atoms. The standard InChI is InChI=1S/2C12H7ClF2N2O/c2*13-9-2-1-6-5-8(16-12(6)17-9)7-3-4-18-10(7)11(14)15/h2*1-5,11H,(H,16,17). The van der Waals surface area contributed by atoms with Crippen LogP contribution in [0.1, 0.15) is 24.4 Å². The van der Waals surface area contributed by atoms with Crippen molar-refractivity contribution in [2.45, 2.75) is 12.9 Å². The second-order valence-electron chi connectivity index (χ2n) is 7.51. The minimum absolute atomic E-state index is 0.333. The number of fused-ring (bicyclic) bond motifs is 2. The molecule has 6 heterocycles. The van der Waals surface area contributed by atoms with Crippen LogP contribution in [-0.4, -0.2) is 19.9 Å². The number of nitrogens with zero attached hydrogens (tertiary/aromatic N) is 2. The minimum atomic E-state index is -2.65. The van der Waals surface area contributed by atoms with Crippen LogP contribution in [0.25, 0.3) is 44.6 Å². The summed E-state index contributed by atoms with van der Waals surface area (Å²) >= 11 is 11.5. The zero-order valence-corrected chi connectivity index (χ0v) is 19.4. The fraction of sp³-hybridized carbons (Fsp3) is 0.0833. The molecule has 0 radical (unpaired) electrons. The van der Waals surface area contributed by atoms with Gasteiger partial charge < -0.3 is 18.8 Å². The third-order valence-corrected chi connectivity index (χ3v) is 5.68. The molecule has 0 bridgehead atoms. The van der Waals surface area contributed by atoms with Crippen LogP contribution in [0, 0.1) is 0 Å². The van der Waals surface area contributed by atoms with Crippen molar-refractivity contribution in [2.24, 2.45) is 0 Å². The van der Waals surface area contributed by atoms with Crippen LogP contribution < -0.4 is 0 Å². The highest BCUT2D eigenvalue weighted by molar-refractivity contribution is 6.30. The van der Waals surface area contributed by atoms with E-state index in [4.69, 9.17) is 32.0 Å². The predicted molar refractivity (Wildman–Crippen MR) is 128 cm³/mol. The lowest BCUT2D eigenvalue weighted by molar-refractivity contribution is 0.122. The van der Waals surface area contributed by atoms with E-state index in [0.29, 0.717) is 44.1 Å². The summed E-state index contributed by atoms with van der Waals surface area (Å²) in [5.74, 6) is -0.708. The second-order valence-corrected chi connectivity index (χ2v) is 8.28. The van der Waals surface area contributed by atoms with Gasteiger partial charge in [0.25, 0.3) is 12.9 Å². The van der Waals surface area contributed by atoms with Gasteiger partial charge in [0, 0.05) is 21.9 Å². The SMILES string of the molecule is FC(F)c1occc1-c1cc2ccc(Cl)nc2[nH]1.FC(F)c1occc1-c1cc2ccc(Cl)nc2[nH]1. The molecule has 0 aliphatic rings. The Morgan fingerprint density at radius 2 is 1.06 bits per heavy atom. The van der Waals surface area contributed by atoms with Crippen molar-refractivity contribution in [1.29, 1.82) is 0 Å². The molecule has 184 valence electrons. The topological polar surface area (TPSA) is 83.6 Å². The van der Waals surface area contributed by atoms with Crippen LogP contribution in [0.4, 0.5) is 17.6 Å². The normalized spacial score (nSPS) is 11.6. The van der Waals surface area contributed by atoms with Gasteiger partial charge in [-0.25, -0.2) is 27.5 Å². The van der Waals surface area contributed by atoms with Crippen molar-refractivity contribution in [3.05, 3.63) is 82.9 Å². The van der Waals surface area contributed by atoms with Crippen LogP contribution in [0.3, 0.4) is 0 Å². The molecule has 0 aliphatic carbocycles. The van der Waals surface area contributed by atoms with Gasteiger partial charge in [-0.3, -0.25) is 0 Å². The van der Waals surface area contributed by atoms with E-state index in [0.717, 1.165) is 10.8 Å². The Morgan fingerprint density at radius 3 is 1.44 bits per heavy atom. The quantitative estimate of drug-likeness (QED) is 0.174. The number of nitrogens with one attached hydrogen (secondary N) is 2. The lowest BCUT2D eigenvalue weighted by Crippen LogP contribution is -1.84. The molecule has 0 aliphatic heterocycles. The summed E-state index contributed by atoms with van der Waals surface area (Å²) in [4.78, 5) is 14.0. The van der Waals surface area contributed by atoms with Crippen LogP contribution >= 0.6 is 23.2 Å². The summed E-state index contributed by atoms with van der Waals surface area (Å²) < 4.78 is 60.5. The number of furan rings is 2. The van der Waals surface area contributed by atoms with Crippen molar-refractivity contribution in [1.82, 2.24) is 19.9 Å². The summed E-state index contributed by atoms with van der Waals surface area (Å²) in [6.45, 7) is 0. The third kappa shape index (κ3) is 4.69. The van der Waals surface area contributed by atoms with Crippen LogP contribution in [0.2, 0.25) is 10.3 Å². The maximum absolute atomic E-state index is 12.7. The van der Waals surface area contributed by atoms with E-state index < -0.39 is 12.9 Å². The van der Waals surface area contributed by atoms with E-state index in [-0.39, 0.29) is 11.5 Å². The minimum Gasteiger partial charge on any atom is -0.463 e. The molecule has 0 saturated heterocycles. The van der Waals surface area contributed by atoms with Gasteiger partial charge in [-0.15, -0.1) is 0 Å².